The highest BCUT2D eigenvalue weighted by Gasteiger charge is 2.40. The van der Waals surface area contributed by atoms with Crippen LogP contribution in [0.25, 0.3) is 0 Å². The van der Waals surface area contributed by atoms with Crippen LogP contribution in [0, 0.1) is 11.8 Å². The molecule has 2 saturated carbocycles. The molecule has 40 heavy (non-hydrogen) atoms. The molecule has 6 nitrogen and oxygen atoms in total. The second-order valence-electron chi connectivity index (χ2n) is 12.1. The van der Waals surface area contributed by atoms with E-state index in [1.54, 1.807) is 18.2 Å². The minimum absolute atomic E-state index is 0.0334. The topological polar surface area (TPSA) is 66.0 Å². The van der Waals surface area contributed by atoms with E-state index in [9.17, 15) is 18.0 Å². The summed E-state index contributed by atoms with van der Waals surface area (Å²) < 4.78 is 47.3. The average Bonchev–Trinajstić information content (AvgIpc) is 3.74. The Bertz CT molecular complexity index is 1160. The number of aliphatic imine (C=N–C) groups is 1. The normalized spacial score (nSPS) is 32.5. The van der Waals surface area contributed by atoms with Crippen molar-refractivity contribution >= 4 is 11.6 Å². The molecule has 0 aromatic rings. The van der Waals surface area contributed by atoms with E-state index in [4.69, 9.17) is 4.74 Å². The van der Waals surface area contributed by atoms with Gasteiger partial charge >= 0.3 is 6.18 Å². The van der Waals surface area contributed by atoms with Crippen molar-refractivity contribution < 1.29 is 22.7 Å². The molecule has 6 aliphatic rings. The van der Waals surface area contributed by atoms with E-state index in [-0.39, 0.29) is 29.5 Å². The standard InChI is InChI=1S/C31H39F3N4O2/c1-19(31(32,33)34)29-26-5-2-6-28(27(26)16-22(37-29)4-3-15-35-30(39)20-7-8-20)36-21-9-11-23(12-10-21)38-17-24-13-14-25(18-38)40-24/h2-6,20-21,23-25,27,36H,1,7-18H2,(H,35,39)/b4-3+. The number of hydrogen-bond donors (Lipinski definition) is 2. The summed E-state index contributed by atoms with van der Waals surface area (Å²) in [7, 11) is 0. The number of nitrogens with one attached hydrogen (secondary N) is 2. The van der Waals surface area contributed by atoms with E-state index in [2.05, 4.69) is 27.1 Å². The van der Waals surface area contributed by atoms with Gasteiger partial charge in [0.1, 0.15) is 0 Å². The van der Waals surface area contributed by atoms with Crippen LogP contribution in [0.3, 0.4) is 0 Å². The highest BCUT2D eigenvalue weighted by molar-refractivity contribution is 5.98. The highest BCUT2D eigenvalue weighted by atomic mass is 19.4. The molecule has 3 aliphatic carbocycles. The smallest absolute Gasteiger partial charge is 0.385 e. The Hall–Kier alpha value is -2.65. The third kappa shape index (κ3) is 6.15. The van der Waals surface area contributed by atoms with Crippen molar-refractivity contribution in [3.63, 3.8) is 0 Å². The summed E-state index contributed by atoms with van der Waals surface area (Å²) in [4.78, 5) is 19.0. The quantitative estimate of drug-likeness (QED) is 0.436. The van der Waals surface area contributed by atoms with E-state index >= 15 is 0 Å². The predicted octanol–water partition coefficient (Wildman–Crippen LogP) is 5.12. The molecule has 9 heteroatoms. The summed E-state index contributed by atoms with van der Waals surface area (Å²) in [6.45, 7) is 5.78. The van der Waals surface area contributed by atoms with Gasteiger partial charge in [-0.25, -0.2) is 0 Å². The van der Waals surface area contributed by atoms with Crippen LogP contribution in [0.4, 0.5) is 13.2 Å². The summed E-state index contributed by atoms with van der Waals surface area (Å²) in [5.41, 5.74) is 1.04. The van der Waals surface area contributed by atoms with Gasteiger partial charge in [-0.3, -0.25) is 14.7 Å². The number of amides is 1. The first-order valence-electron chi connectivity index (χ1n) is 14.8. The fourth-order valence-electron chi connectivity index (χ4n) is 6.82. The number of nitrogens with zero attached hydrogens (tertiary/aromatic N) is 2. The van der Waals surface area contributed by atoms with Crippen molar-refractivity contribution in [2.24, 2.45) is 16.8 Å². The van der Waals surface area contributed by atoms with Crippen LogP contribution >= 0.6 is 0 Å². The molecule has 4 fully saturated rings. The van der Waals surface area contributed by atoms with Crippen molar-refractivity contribution in [2.75, 3.05) is 19.6 Å². The Morgan fingerprint density at radius 2 is 1.82 bits per heavy atom. The Labute approximate surface area is 234 Å². The SMILES string of the molecule is C=C(C1=C2C=CC=C(NC3CCC(N4CC5CCC(C4)O5)CC3)C2CC(/C=C/CNC(=O)C2CC2)=N1)C(F)(F)F. The minimum Gasteiger partial charge on any atom is -0.385 e. The summed E-state index contributed by atoms with van der Waals surface area (Å²) in [6.07, 6.45) is 14.3. The second-order valence-corrected chi connectivity index (χ2v) is 12.1. The number of fused-ring (bicyclic) bond motifs is 3. The fraction of sp³-hybridized carbons (Fsp3) is 0.613. The number of morpholine rings is 1. The minimum atomic E-state index is -4.57. The number of likely N-dealkylation sites (tertiary alicyclic amines) is 1. The molecule has 2 saturated heterocycles. The second kappa shape index (κ2) is 11.3. The highest BCUT2D eigenvalue weighted by Crippen LogP contribution is 2.41. The first kappa shape index (κ1) is 27.5. The molecule has 0 aromatic heterocycles. The van der Waals surface area contributed by atoms with Crippen LogP contribution in [0.15, 0.2) is 64.5 Å². The third-order valence-corrected chi connectivity index (χ3v) is 9.18. The number of alkyl halides is 3. The third-order valence-electron chi connectivity index (χ3n) is 9.18. The summed E-state index contributed by atoms with van der Waals surface area (Å²) in [6, 6.07) is 0.874. The fourth-order valence-corrected chi connectivity index (χ4v) is 6.82. The molecule has 0 aromatic carbocycles. The molecule has 1 amide bonds. The van der Waals surface area contributed by atoms with Crippen molar-refractivity contribution in [2.45, 2.75) is 88.3 Å². The van der Waals surface area contributed by atoms with E-state index in [0.29, 0.717) is 42.5 Å². The van der Waals surface area contributed by atoms with Gasteiger partial charge in [0.25, 0.3) is 0 Å². The zero-order valence-electron chi connectivity index (χ0n) is 22.9. The van der Waals surface area contributed by atoms with Crippen LogP contribution in [0.1, 0.15) is 57.8 Å². The zero-order valence-corrected chi connectivity index (χ0v) is 22.9. The predicted molar refractivity (Wildman–Crippen MR) is 149 cm³/mol. The van der Waals surface area contributed by atoms with Gasteiger partial charge in [0.05, 0.1) is 23.5 Å². The zero-order chi connectivity index (χ0) is 27.9. The van der Waals surface area contributed by atoms with Crippen LogP contribution in [0.2, 0.25) is 0 Å². The molecule has 6 rings (SSSR count). The summed E-state index contributed by atoms with van der Waals surface area (Å²) in [5, 5.41) is 6.58. The number of hydrogen-bond acceptors (Lipinski definition) is 5. The molecule has 3 aliphatic heterocycles. The summed E-state index contributed by atoms with van der Waals surface area (Å²) >= 11 is 0. The van der Waals surface area contributed by atoms with Gasteiger partial charge < -0.3 is 15.4 Å². The van der Waals surface area contributed by atoms with Crippen molar-refractivity contribution in [1.82, 2.24) is 15.5 Å². The van der Waals surface area contributed by atoms with Crippen molar-refractivity contribution in [3.05, 3.63) is 59.5 Å². The first-order chi connectivity index (χ1) is 19.2. The first-order valence-corrected chi connectivity index (χ1v) is 14.8. The number of allylic oxidation sites excluding steroid dienone is 6. The Morgan fingerprint density at radius 3 is 2.50 bits per heavy atom. The summed E-state index contributed by atoms with van der Waals surface area (Å²) in [5.74, 6) is -0.101. The number of carbonyl (C=O) groups excluding carboxylic acids is 1. The van der Waals surface area contributed by atoms with E-state index < -0.39 is 11.7 Å². The lowest BCUT2D eigenvalue weighted by Crippen LogP contribution is -2.50. The van der Waals surface area contributed by atoms with Crippen LogP contribution in [-0.4, -0.2) is 66.6 Å². The molecule has 3 atom stereocenters. The molecular formula is C31H39F3N4O2. The largest absolute Gasteiger partial charge is 0.417 e. The Kier molecular flexibility index (Phi) is 7.79. The molecule has 2 N–H and O–H groups in total. The van der Waals surface area contributed by atoms with Crippen LogP contribution in [-0.2, 0) is 9.53 Å². The molecule has 0 spiro atoms. The molecule has 3 heterocycles. The lowest BCUT2D eigenvalue weighted by molar-refractivity contribution is -0.122. The number of carbonyl (C=O) groups is 1. The lowest BCUT2D eigenvalue weighted by atomic mass is 9.81. The Balaban J connectivity index is 1.12. The van der Waals surface area contributed by atoms with Crippen molar-refractivity contribution in [3.8, 4) is 0 Å². The lowest BCUT2D eigenvalue weighted by Gasteiger charge is -2.42. The van der Waals surface area contributed by atoms with Gasteiger partial charge in [-0.05, 0) is 69.1 Å². The molecule has 2 bridgehead atoms. The van der Waals surface area contributed by atoms with Gasteiger partial charge in [0.2, 0.25) is 5.91 Å². The number of halogens is 3. The maximum Gasteiger partial charge on any atom is 0.417 e. The van der Waals surface area contributed by atoms with Gasteiger partial charge in [0.15, 0.2) is 0 Å². The molecular weight excluding hydrogens is 517 g/mol. The maximum absolute atomic E-state index is 13.8. The number of ether oxygens (including phenoxy) is 1. The van der Waals surface area contributed by atoms with E-state index in [1.165, 1.54) is 12.8 Å². The molecule has 3 unspecified atom stereocenters. The number of rotatable bonds is 8. The van der Waals surface area contributed by atoms with Crippen molar-refractivity contribution in [1.29, 1.82) is 0 Å². The van der Waals surface area contributed by atoms with Crippen LogP contribution in [0.5, 0.6) is 0 Å². The molecule has 0 radical (unpaired) electrons. The Morgan fingerprint density at radius 1 is 1.10 bits per heavy atom. The van der Waals surface area contributed by atoms with Gasteiger partial charge in [0, 0.05) is 61.4 Å². The molecule has 216 valence electrons. The average molecular weight is 557 g/mol. The van der Waals surface area contributed by atoms with E-state index in [0.717, 1.165) is 57.3 Å². The van der Waals surface area contributed by atoms with E-state index in [1.807, 2.05) is 12.2 Å². The van der Waals surface area contributed by atoms with Gasteiger partial charge in [-0.1, -0.05) is 24.8 Å². The maximum atomic E-state index is 13.8. The van der Waals surface area contributed by atoms with Gasteiger partial charge in [-0.15, -0.1) is 0 Å². The van der Waals surface area contributed by atoms with Crippen LogP contribution < -0.4 is 10.6 Å². The van der Waals surface area contributed by atoms with Gasteiger partial charge in [-0.2, -0.15) is 13.2 Å². The monoisotopic (exact) mass is 556 g/mol.